The number of rotatable bonds is 4. The van der Waals surface area contributed by atoms with E-state index in [1.807, 2.05) is 17.0 Å². The predicted octanol–water partition coefficient (Wildman–Crippen LogP) is 3.79. The van der Waals surface area contributed by atoms with Gasteiger partial charge in [-0.05, 0) is 57.1 Å². The van der Waals surface area contributed by atoms with E-state index in [0.29, 0.717) is 25.7 Å². The molecule has 3 rings (SSSR count). The Kier molecular flexibility index (Phi) is 5.27. The summed E-state index contributed by atoms with van der Waals surface area (Å²) in [5.41, 5.74) is 0. The largest absolute Gasteiger partial charge is 0.481 e. The number of hydrogen-bond donors (Lipinski definition) is 1. The van der Waals surface area contributed by atoms with Crippen LogP contribution in [0.25, 0.3) is 0 Å². The SMILES string of the molecule is CCc1ccc(C2CCCCN2C(=O)C2CCC(C(=O)O)CC2)o1. The van der Waals surface area contributed by atoms with Crippen molar-refractivity contribution in [2.24, 2.45) is 11.8 Å². The van der Waals surface area contributed by atoms with Crippen LogP contribution in [-0.2, 0) is 16.0 Å². The quantitative estimate of drug-likeness (QED) is 0.910. The van der Waals surface area contributed by atoms with Gasteiger partial charge in [0.2, 0.25) is 5.91 Å². The second-order valence-electron chi connectivity index (χ2n) is 7.09. The van der Waals surface area contributed by atoms with E-state index >= 15 is 0 Å². The Morgan fingerprint density at radius 3 is 2.46 bits per heavy atom. The minimum atomic E-state index is -0.723. The highest BCUT2D eigenvalue weighted by Crippen LogP contribution is 2.36. The molecule has 132 valence electrons. The molecule has 0 radical (unpaired) electrons. The lowest BCUT2D eigenvalue weighted by molar-refractivity contribution is -0.147. The summed E-state index contributed by atoms with van der Waals surface area (Å²) in [4.78, 5) is 26.1. The third-order valence-corrected chi connectivity index (χ3v) is 5.57. The van der Waals surface area contributed by atoms with E-state index in [-0.39, 0.29) is 23.8 Å². The van der Waals surface area contributed by atoms with E-state index in [9.17, 15) is 9.59 Å². The Hall–Kier alpha value is -1.78. The fourth-order valence-electron chi connectivity index (χ4n) is 4.08. The smallest absolute Gasteiger partial charge is 0.306 e. The summed E-state index contributed by atoms with van der Waals surface area (Å²) in [5, 5.41) is 9.12. The molecule has 2 heterocycles. The molecule has 5 nitrogen and oxygen atoms in total. The van der Waals surface area contributed by atoms with Gasteiger partial charge in [-0.3, -0.25) is 9.59 Å². The number of aliphatic carboxylic acids is 1. The molecule has 1 aliphatic carbocycles. The molecule has 1 atom stereocenters. The number of amides is 1. The molecule has 0 bridgehead atoms. The van der Waals surface area contributed by atoms with E-state index in [2.05, 4.69) is 6.92 Å². The molecule has 1 saturated heterocycles. The lowest BCUT2D eigenvalue weighted by atomic mass is 9.81. The average molecular weight is 333 g/mol. The van der Waals surface area contributed by atoms with Crippen molar-refractivity contribution < 1.29 is 19.1 Å². The number of likely N-dealkylation sites (tertiary alicyclic amines) is 1. The minimum Gasteiger partial charge on any atom is -0.481 e. The van der Waals surface area contributed by atoms with Gasteiger partial charge in [-0.25, -0.2) is 0 Å². The molecule has 0 aromatic carbocycles. The summed E-state index contributed by atoms with van der Waals surface area (Å²) in [6.45, 7) is 2.85. The molecule has 5 heteroatoms. The van der Waals surface area contributed by atoms with Crippen LogP contribution in [-0.4, -0.2) is 28.4 Å². The second-order valence-corrected chi connectivity index (χ2v) is 7.09. The van der Waals surface area contributed by atoms with Gasteiger partial charge in [0.1, 0.15) is 11.5 Å². The number of carbonyl (C=O) groups is 2. The molecule has 24 heavy (non-hydrogen) atoms. The van der Waals surface area contributed by atoms with E-state index in [0.717, 1.165) is 43.7 Å². The number of hydrogen-bond acceptors (Lipinski definition) is 3. The Labute approximate surface area is 143 Å². The van der Waals surface area contributed by atoms with E-state index in [1.54, 1.807) is 0 Å². The van der Waals surface area contributed by atoms with Crippen LogP contribution in [0.2, 0.25) is 0 Å². The first-order chi connectivity index (χ1) is 11.6. The summed E-state index contributed by atoms with van der Waals surface area (Å²) in [6, 6.07) is 4.06. The van der Waals surface area contributed by atoms with Gasteiger partial charge in [-0.2, -0.15) is 0 Å². The summed E-state index contributed by atoms with van der Waals surface area (Å²) in [6.07, 6.45) is 6.58. The summed E-state index contributed by atoms with van der Waals surface area (Å²) >= 11 is 0. The molecule has 1 aromatic rings. The average Bonchev–Trinajstić information content (AvgIpc) is 3.10. The van der Waals surface area contributed by atoms with Crippen molar-refractivity contribution in [1.82, 2.24) is 4.90 Å². The third-order valence-electron chi connectivity index (χ3n) is 5.57. The fraction of sp³-hybridized carbons (Fsp3) is 0.684. The topological polar surface area (TPSA) is 70.8 Å². The number of carbonyl (C=O) groups excluding carboxylic acids is 1. The molecular weight excluding hydrogens is 306 g/mol. The van der Waals surface area contributed by atoms with Crippen molar-refractivity contribution >= 4 is 11.9 Å². The number of carboxylic acid groups (broad SMARTS) is 1. The van der Waals surface area contributed by atoms with Crippen molar-refractivity contribution in [1.29, 1.82) is 0 Å². The van der Waals surface area contributed by atoms with Crippen LogP contribution in [0.4, 0.5) is 0 Å². The fourth-order valence-corrected chi connectivity index (χ4v) is 4.08. The van der Waals surface area contributed by atoms with Crippen molar-refractivity contribution in [2.75, 3.05) is 6.54 Å². The van der Waals surface area contributed by atoms with Gasteiger partial charge in [0, 0.05) is 18.9 Å². The molecule has 0 spiro atoms. The number of carboxylic acids is 1. The predicted molar refractivity (Wildman–Crippen MR) is 89.5 cm³/mol. The Bertz CT molecular complexity index is 586. The maximum Gasteiger partial charge on any atom is 0.306 e. The molecule has 1 N–H and O–H groups in total. The lowest BCUT2D eigenvalue weighted by Gasteiger charge is -2.38. The number of piperidine rings is 1. The summed E-state index contributed by atoms with van der Waals surface area (Å²) in [5.74, 6) is 1.03. The van der Waals surface area contributed by atoms with Gasteiger partial charge < -0.3 is 14.4 Å². The highest BCUT2D eigenvalue weighted by Gasteiger charge is 2.36. The molecule has 1 aromatic heterocycles. The first kappa shape index (κ1) is 17.1. The van der Waals surface area contributed by atoms with E-state index < -0.39 is 5.97 Å². The Morgan fingerprint density at radius 2 is 1.83 bits per heavy atom. The first-order valence-corrected chi connectivity index (χ1v) is 9.22. The van der Waals surface area contributed by atoms with Gasteiger partial charge in [0.25, 0.3) is 0 Å². The van der Waals surface area contributed by atoms with Crippen LogP contribution in [0, 0.1) is 11.8 Å². The Morgan fingerprint density at radius 1 is 1.12 bits per heavy atom. The highest BCUT2D eigenvalue weighted by molar-refractivity contribution is 5.80. The normalized spacial score (nSPS) is 27.9. The zero-order valence-electron chi connectivity index (χ0n) is 14.4. The van der Waals surface area contributed by atoms with Crippen LogP contribution in [0.1, 0.15) is 69.4 Å². The van der Waals surface area contributed by atoms with Crippen molar-refractivity contribution in [3.8, 4) is 0 Å². The van der Waals surface area contributed by atoms with Crippen molar-refractivity contribution in [3.05, 3.63) is 23.7 Å². The molecule has 1 unspecified atom stereocenters. The Balaban J connectivity index is 1.69. The van der Waals surface area contributed by atoms with Gasteiger partial charge in [-0.1, -0.05) is 6.92 Å². The first-order valence-electron chi connectivity index (χ1n) is 9.22. The van der Waals surface area contributed by atoms with Crippen LogP contribution in [0.15, 0.2) is 16.5 Å². The van der Waals surface area contributed by atoms with Gasteiger partial charge in [0.05, 0.1) is 12.0 Å². The maximum atomic E-state index is 13.0. The molecule has 1 saturated carbocycles. The number of aryl methyl sites for hydroxylation is 1. The van der Waals surface area contributed by atoms with Gasteiger partial charge in [0.15, 0.2) is 0 Å². The van der Waals surface area contributed by atoms with Crippen LogP contribution in [0.5, 0.6) is 0 Å². The summed E-state index contributed by atoms with van der Waals surface area (Å²) < 4.78 is 5.92. The number of furan rings is 1. The van der Waals surface area contributed by atoms with E-state index in [4.69, 9.17) is 9.52 Å². The van der Waals surface area contributed by atoms with Crippen LogP contribution < -0.4 is 0 Å². The van der Waals surface area contributed by atoms with Crippen molar-refractivity contribution in [2.45, 2.75) is 64.3 Å². The highest BCUT2D eigenvalue weighted by atomic mass is 16.4. The monoisotopic (exact) mass is 333 g/mol. The zero-order valence-corrected chi connectivity index (χ0v) is 14.4. The molecule has 1 amide bonds. The lowest BCUT2D eigenvalue weighted by Crippen LogP contribution is -2.43. The maximum absolute atomic E-state index is 13.0. The molecule has 2 fully saturated rings. The summed E-state index contributed by atoms with van der Waals surface area (Å²) in [7, 11) is 0. The van der Waals surface area contributed by atoms with Gasteiger partial charge in [-0.15, -0.1) is 0 Å². The van der Waals surface area contributed by atoms with Gasteiger partial charge >= 0.3 is 5.97 Å². The number of nitrogens with zero attached hydrogens (tertiary/aromatic N) is 1. The molecule has 1 aliphatic heterocycles. The molecular formula is C19H27NO4. The van der Waals surface area contributed by atoms with E-state index in [1.165, 1.54) is 0 Å². The second kappa shape index (κ2) is 7.41. The minimum absolute atomic E-state index is 0.0261. The van der Waals surface area contributed by atoms with Crippen molar-refractivity contribution in [3.63, 3.8) is 0 Å². The molecule has 2 aliphatic rings. The zero-order chi connectivity index (χ0) is 17.1. The van der Waals surface area contributed by atoms with Crippen LogP contribution in [0.3, 0.4) is 0 Å². The standard InChI is InChI=1S/C19H27NO4/c1-2-15-10-11-17(24-15)16-5-3-4-12-20(16)18(21)13-6-8-14(9-7-13)19(22)23/h10-11,13-14,16H,2-9,12H2,1H3,(H,22,23). The third kappa shape index (κ3) is 3.50. The van der Waals surface area contributed by atoms with Crippen LogP contribution >= 0.6 is 0 Å².